The van der Waals surface area contributed by atoms with E-state index in [2.05, 4.69) is 9.73 Å². The minimum atomic E-state index is -4.51. The third kappa shape index (κ3) is 4.94. The van der Waals surface area contributed by atoms with Gasteiger partial charge in [0, 0.05) is 26.2 Å². The summed E-state index contributed by atoms with van der Waals surface area (Å²) in [5.41, 5.74) is -0.0788. The fraction of sp³-hybridized carbons (Fsp3) is 0.348. The van der Waals surface area contributed by atoms with Gasteiger partial charge < -0.3 is 19.3 Å². The van der Waals surface area contributed by atoms with Gasteiger partial charge >= 0.3 is 12.1 Å². The number of amides is 1. The average Bonchev–Trinajstić information content (AvgIpc) is 3.12. The molecule has 10 heteroatoms. The van der Waals surface area contributed by atoms with Crippen molar-refractivity contribution in [2.45, 2.75) is 19.0 Å². The van der Waals surface area contributed by atoms with Crippen molar-refractivity contribution in [3.05, 3.63) is 53.6 Å². The molecule has 0 aliphatic carbocycles. The maximum absolute atomic E-state index is 13.3. The Bertz CT molecular complexity index is 1100. The molecule has 33 heavy (non-hydrogen) atoms. The van der Waals surface area contributed by atoms with Gasteiger partial charge in [-0.1, -0.05) is 12.1 Å². The second-order valence-corrected chi connectivity index (χ2v) is 7.69. The third-order valence-corrected chi connectivity index (χ3v) is 5.53. The molecule has 1 amide bonds. The molecular weight excluding hydrogens is 439 g/mol. The van der Waals surface area contributed by atoms with Crippen molar-refractivity contribution in [2.75, 3.05) is 33.3 Å². The number of benzene rings is 2. The van der Waals surface area contributed by atoms with E-state index in [4.69, 9.17) is 4.74 Å². The molecule has 7 nitrogen and oxygen atoms in total. The summed E-state index contributed by atoms with van der Waals surface area (Å²) in [6.45, 7) is 1.72. The van der Waals surface area contributed by atoms with Gasteiger partial charge in [-0.15, -0.1) is 0 Å². The Morgan fingerprint density at radius 2 is 1.85 bits per heavy atom. The van der Waals surface area contributed by atoms with Gasteiger partial charge in [0.05, 0.1) is 18.2 Å². The molecule has 174 valence electrons. The molecule has 4 rings (SSSR count). The van der Waals surface area contributed by atoms with Crippen LogP contribution in [0.4, 0.5) is 18.9 Å². The molecule has 1 fully saturated rings. The van der Waals surface area contributed by atoms with Gasteiger partial charge in [-0.25, -0.2) is 4.99 Å². The molecule has 2 aromatic rings. The van der Waals surface area contributed by atoms with Crippen LogP contribution in [0.5, 0.6) is 11.5 Å². The number of amidine groups is 1. The van der Waals surface area contributed by atoms with Crippen LogP contribution in [0.3, 0.4) is 0 Å². The van der Waals surface area contributed by atoms with Gasteiger partial charge in [0.25, 0.3) is 0 Å². The van der Waals surface area contributed by atoms with Crippen LogP contribution in [0, 0.1) is 0 Å². The van der Waals surface area contributed by atoms with E-state index in [1.807, 2.05) is 4.90 Å². The van der Waals surface area contributed by atoms with Gasteiger partial charge in [0.15, 0.2) is 5.75 Å². The molecule has 0 N–H and O–H groups in total. The summed E-state index contributed by atoms with van der Waals surface area (Å²) in [6, 6.07) is 10.3. The number of ether oxygens (including phenoxy) is 2. The molecule has 0 saturated carbocycles. The molecule has 0 spiro atoms. The number of alkyl halides is 3. The molecule has 2 aliphatic heterocycles. The fourth-order valence-corrected chi connectivity index (χ4v) is 3.83. The van der Waals surface area contributed by atoms with E-state index in [-0.39, 0.29) is 23.8 Å². The lowest BCUT2D eigenvalue weighted by Gasteiger charge is -2.25. The molecule has 0 radical (unpaired) electrons. The van der Waals surface area contributed by atoms with Crippen LogP contribution < -0.4 is 4.74 Å². The minimum Gasteiger partial charge on any atom is -0.469 e. The van der Waals surface area contributed by atoms with Crippen LogP contribution in [0.15, 0.2) is 47.5 Å². The monoisotopic (exact) mass is 461 g/mol. The van der Waals surface area contributed by atoms with E-state index in [1.165, 1.54) is 13.2 Å². The average molecular weight is 461 g/mol. The first-order valence-corrected chi connectivity index (χ1v) is 10.4. The number of hydrogen-bond donors (Lipinski definition) is 0. The lowest BCUT2D eigenvalue weighted by Crippen LogP contribution is -2.38. The summed E-state index contributed by atoms with van der Waals surface area (Å²) in [5.74, 6) is 0.270. The molecule has 0 bridgehead atoms. The van der Waals surface area contributed by atoms with Gasteiger partial charge in [-0.2, -0.15) is 13.2 Å². The zero-order valence-electron chi connectivity index (χ0n) is 17.9. The summed E-state index contributed by atoms with van der Waals surface area (Å²) >= 11 is 0. The van der Waals surface area contributed by atoms with Crippen molar-refractivity contribution in [2.24, 2.45) is 4.99 Å². The quantitative estimate of drug-likeness (QED) is 0.500. The van der Waals surface area contributed by atoms with Gasteiger partial charge in [0.2, 0.25) is 5.91 Å². The lowest BCUT2D eigenvalue weighted by atomic mass is 10.1. The normalized spacial score (nSPS) is 15.9. The Morgan fingerprint density at radius 1 is 1.06 bits per heavy atom. The molecule has 2 aliphatic rings. The number of methoxy groups -OCH3 is 1. The number of halogens is 3. The first-order chi connectivity index (χ1) is 15.8. The van der Waals surface area contributed by atoms with Crippen molar-refractivity contribution in [1.29, 1.82) is 0 Å². The van der Waals surface area contributed by atoms with Crippen molar-refractivity contribution in [3.63, 3.8) is 0 Å². The smallest absolute Gasteiger partial charge is 0.416 e. The molecule has 0 aromatic heterocycles. The highest BCUT2D eigenvalue weighted by molar-refractivity contribution is 6.04. The van der Waals surface area contributed by atoms with Crippen molar-refractivity contribution >= 4 is 23.4 Å². The second-order valence-electron chi connectivity index (χ2n) is 7.69. The predicted octanol–water partition coefficient (Wildman–Crippen LogP) is 3.99. The van der Waals surface area contributed by atoms with Crippen molar-refractivity contribution < 1.29 is 32.2 Å². The van der Waals surface area contributed by atoms with Crippen molar-refractivity contribution in [1.82, 2.24) is 9.80 Å². The summed E-state index contributed by atoms with van der Waals surface area (Å²) in [7, 11) is 1.23. The highest BCUT2D eigenvalue weighted by Gasteiger charge is 2.32. The number of carbonyl (C=O) groups is 2. The van der Waals surface area contributed by atoms with Crippen LogP contribution in [0.1, 0.15) is 24.0 Å². The first-order valence-electron chi connectivity index (χ1n) is 10.4. The summed E-state index contributed by atoms with van der Waals surface area (Å²) in [4.78, 5) is 32.0. The standard InChI is InChI=1S/C23H22F3N3O4/c1-32-21(31)14-20(30)28-9-4-10-29(12-11-28)22-16-5-2-3-6-18(16)33-19-8-7-15(23(24,25)26)13-17(19)27-22/h2-3,5-8,13H,4,9-12,14H2,1H3. The van der Waals surface area contributed by atoms with E-state index in [0.29, 0.717) is 49.7 Å². The molecule has 0 atom stereocenters. The van der Waals surface area contributed by atoms with Crippen LogP contribution >= 0.6 is 0 Å². The van der Waals surface area contributed by atoms with Crippen molar-refractivity contribution in [3.8, 4) is 11.5 Å². The number of carbonyl (C=O) groups excluding carboxylic acids is 2. The number of aliphatic imine (C=N–C) groups is 1. The number of para-hydroxylation sites is 1. The maximum atomic E-state index is 13.3. The van der Waals surface area contributed by atoms with Crippen LogP contribution in [0.25, 0.3) is 0 Å². The van der Waals surface area contributed by atoms with E-state index in [9.17, 15) is 22.8 Å². The van der Waals surface area contributed by atoms with Crippen LogP contribution in [-0.4, -0.2) is 60.8 Å². The van der Waals surface area contributed by atoms with E-state index < -0.39 is 17.7 Å². The Balaban J connectivity index is 1.66. The Kier molecular flexibility index (Phi) is 6.26. The number of hydrogen-bond acceptors (Lipinski definition) is 6. The minimum absolute atomic E-state index is 0.0823. The number of fused-ring (bicyclic) bond motifs is 2. The van der Waals surface area contributed by atoms with Crippen LogP contribution in [0.2, 0.25) is 0 Å². The zero-order chi connectivity index (χ0) is 23.6. The highest BCUT2D eigenvalue weighted by Crippen LogP contribution is 2.41. The van der Waals surface area contributed by atoms with E-state index >= 15 is 0 Å². The number of nitrogens with zero attached hydrogens (tertiary/aromatic N) is 3. The van der Waals surface area contributed by atoms with E-state index in [0.717, 1.165) is 12.1 Å². The van der Waals surface area contributed by atoms with Gasteiger partial charge in [0.1, 0.15) is 23.7 Å². The van der Waals surface area contributed by atoms with Crippen LogP contribution in [-0.2, 0) is 20.5 Å². The Labute approximate surface area is 188 Å². The molecule has 2 aromatic carbocycles. The zero-order valence-corrected chi connectivity index (χ0v) is 17.9. The predicted molar refractivity (Wildman–Crippen MR) is 114 cm³/mol. The van der Waals surface area contributed by atoms with Gasteiger partial charge in [-0.05, 0) is 36.8 Å². The Morgan fingerprint density at radius 3 is 2.61 bits per heavy atom. The second kappa shape index (κ2) is 9.13. The molecule has 2 heterocycles. The SMILES string of the molecule is COC(=O)CC(=O)N1CCCN(C2=Nc3cc(C(F)(F)F)ccc3Oc3ccccc32)CC1. The summed E-state index contributed by atoms with van der Waals surface area (Å²) in [5, 5.41) is 0. The summed E-state index contributed by atoms with van der Waals surface area (Å²) < 4.78 is 50.4. The lowest BCUT2D eigenvalue weighted by molar-refractivity contribution is -0.146. The fourth-order valence-electron chi connectivity index (χ4n) is 3.83. The van der Waals surface area contributed by atoms with Gasteiger partial charge in [-0.3, -0.25) is 9.59 Å². The molecular formula is C23H22F3N3O4. The molecule has 1 saturated heterocycles. The molecule has 0 unspecified atom stereocenters. The topological polar surface area (TPSA) is 71.4 Å². The summed E-state index contributed by atoms with van der Waals surface area (Å²) in [6.07, 6.45) is -4.24. The van der Waals surface area contributed by atoms with E-state index in [1.54, 1.807) is 29.2 Å². The number of rotatable bonds is 2. The maximum Gasteiger partial charge on any atom is 0.416 e. The third-order valence-electron chi connectivity index (χ3n) is 5.53. The first kappa shape index (κ1) is 22.6. The Hall–Kier alpha value is -3.56. The number of esters is 1. The largest absolute Gasteiger partial charge is 0.469 e. The highest BCUT2D eigenvalue weighted by atomic mass is 19.4.